The molecule has 0 aliphatic heterocycles. The molecule has 1 aromatic rings. The third-order valence-electron chi connectivity index (χ3n) is 2.78. The van der Waals surface area contributed by atoms with Gasteiger partial charge in [-0.05, 0) is 12.3 Å². The molecule has 0 bridgehead atoms. The molecule has 17 heavy (non-hydrogen) atoms. The summed E-state index contributed by atoms with van der Waals surface area (Å²) >= 11 is 1.66. The first kappa shape index (κ1) is 14.6. The quantitative estimate of drug-likeness (QED) is 0.624. The van der Waals surface area contributed by atoms with Crippen molar-refractivity contribution < 1.29 is 4.74 Å². The van der Waals surface area contributed by atoms with E-state index < -0.39 is 0 Å². The maximum absolute atomic E-state index is 5.65. The van der Waals surface area contributed by atoms with Crippen LogP contribution in [0.15, 0.2) is 5.38 Å². The molecule has 1 heterocycles. The number of nitrogens with two attached hydrogens (primary N) is 1. The molecule has 1 aromatic heterocycles. The summed E-state index contributed by atoms with van der Waals surface area (Å²) in [5, 5.41) is 3.16. The Bertz CT molecular complexity index is 346. The van der Waals surface area contributed by atoms with Crippen molar-refractivity contribution in [1.29, 1.82) is 0 Å². The zero-order valence-electron chi connectivity index (χ0n) is 11.3. The summed E-state index contributed by atoms with van der Waals surface area (Å²) < 4.78 is 5.58. The fourth-order valence-electron chi connectivity index (χ4n) is 2.10. The van der Waals surface area contributed by atoms with Gasteiger partial charge >= 0.3 is 0 Å². The highest BCUT2D eigenvalue weighted by molar-refractivity contribution is 7.09. The monoisotopic (exact) mass is 257 g/mol. The molecule has 0 spiro atoms. The van der Waals surface area contributed by atoms with Gasteiger partial charge in [-0.25, -0.2) is 4.98 Å². The van der Waals surface area contributed by atoms with Crippen LogP contribution in [0.3, 0.4) is 0 Å². The molecule has 0 saturated carbocycles. The van der Waals surface area contributed by atoms with E-state index in [4.69, 9.17) is 10.6 Å². The maximum atomic E-state index is 5.65. The highest BCUT2D eigenvalue weighted by atomic mass is 32.1. The van der Waals surface area contributed by atoms with Crippen molar-refractivity contribution in [3.63, 3.8) is 0 Å². The van der Waals surface area contributed by atoms with E-state index in [1.807, 2.05) is 6.92 Å². The predicted molar refractivity (Wildman–Crippen MR) is 71.9 cm³/mol. The van der Waals surface area contributed by atoms with E-state index >= 15 is 0 Å². The summed E-state index contributed by atoms with van der Waals surface area (Å²) in [5.41, 5.74) is 3.97. The third kappa shape index (κ3) is 4.03. The number of nitrogens with zero attached hydrogens (tertiary/aromatic N) is 1. The second-order valence-corrected chi connectivity index (χ2v) is 6.42. The van der Waals surface area contributed by atoms with Gasteiger partial charge in [0, 0.05) is 18.9 Å². The Hall–Kier alpha value is -0.490. The number of aryl methyl sites for hydroxylation is 1. The van der Waals surface area contributed by atoms with Gasteiger partial charge in [0.2, 0.25) is 0 Å². The molecule has 1 rings (SSSR count). The van der Waals surface area contributed by atoms with Gasteiger partial charge in [-0.15, -0.1) is 11.3 Å². The number of thiazole rings is 1. The molecule has 4 nitrogen and oxygen atoms in total. The van der Waals surface area contributed by atoms with Crippen molar-refractivity contribution in [3.05, 3.63) is 16.1 Å². The highest BCUT2D eigenvalue weighted by Crippen LogP contribution is 2.26. The number of aromatic nitrogens is 1. The van der Waals surface area contributed by atoms with Crippen LogP contribution in [0, 0.1) is 12.3 Å². The Morgan fingerprint density at radius 1 is 1.53 bits per heavy atom. The van der Waals surface area contributed by atoms with Crippen molar-refractivity contribution in [2.75, 3.05) is 7.11 Å². The minimum Gasteiger partial charge on any atom is -0.379 e. The number of ether oxygens (including phenoxy) is 1. The van der Waals surface area contributed by atoms with Gasteiger partial charge in [-0.1, -0.05) is 20.8 Å². The van der Waals surface area contributed by atoms with Gasteiger partial charge < -0.3 is 4.74 Å². The minimum absolute atomic E-state index is 0.0385. The number of hydrogen-bond acceptors (Lipinski definition) is 5. The lowest BCUT2D eigenvalue weighted by Crippen LogP contribution is -2.51. The number of methoxy groups -OCH3 is 1. The number of nitrogens with one attached hydrogen (secondary N) is 1. The van der Waals surface area contributed by atoms with Crippen LogP contribution < -0.4 is 11.3 Å². The zero-order valence-corrected chi connectivity index (χ0v) is 12.1. The first-order valence-corrected chi connectivity index (χ1v) is 6.66. The Labute approximate surface area is 108 Å². The minimum atomic E-state index is 0.0385. The average Bonchev–Trinajstić information content (AvgIpc) is 2.61. The summed E-state index contributed by atoms with van der Waals surface area (Å²) in [6.45, 7) is 8.46. The molecule has 0 fully saturated rings. The second kappa shape index (κ2) is 5.91. The third-order valence-corrected chi connectivity index (χ3v) is 3.60. The maximum Gasteiger partial charge on any atom is 0.0897 e. The van der Waals surface area contributed by atoms with Crippen LogP contribution in [-0.2, 0) is 11.2 Å². The summed E-state index contributed by atoms with van der Waals surface area (Å²) in [7, 11) is 1.73. The van der Waals surface area contributed by atoms with Crippen molar-refractivity contribution in [2.45, 2.75) is 46.3 Å². The summed E-state index contributed by atoms with van der Waals surface area (Å²) in [6, 6.07) is 0.0708. The van der Waals surface area contributed by atoms with Gasteiger partial charge in [-0.2, -0.15) is 0 Å². The van der Waals surface area contributed by atoms with Gasteiger partial charge in [0.05, 0.1) is 22.8 Å². The van der Waals surface area contributed by atoms with Gasteiger partial charge in [-0.3, -0.25) is 11.3 Å². The van der Waals surface area contributed by atoms with E-state index in [9.17, 15) is 0 Å². The first-order chi connectivity index (χ1) is 7.88. The molecule has 0 saturated heterocycles. The Kier molecular flexibility index (Phi) is 5.06. The normalized spacial score (nSPS) is 15.9. The van der Waals surface area contributed by atoms with Gasteiger partial charge in [0.1, 0.15) is 0 Å². The van der Waals surface area contributed by atoms with E-state index in [0.717, 1.165) is 17.1 Å². The van der Waals surface area contributed by atoms with E-state index in [0.29, 0.717) is 0 Å². The number of hydrazine groups is 1. The molecular weight excluding hydrogens is 234 g/mol. The van der Waals surface area contributed by atoms with Crippen molar-refractivity contribution >= 4 is 11.3 Å². The second-order valence-electron chi connectivity index (χ2n) is 5.36. The predicted octanol–water partition coefficient (Wildman–Crippen LogP) is 1.89. The molecule has 0 aliphatic carbocycles. The molecule has 98 valence electrons. The first-order valence-electron chi connectivity index (χ1n) is 5.78. The molecule has 0 aromatic carbocycles. The van der Waals surface area contributed by atoms with Gasteiger partial charge in [0.25, 0.3) is 0 Å². The van der Waals surface area contributed by atoms with Crippen molar-refractivity contribution in [3.8, 4) is 0 Å². The van der Waals surface area contributed by atoms with Gasteiger partial charge in [0.15, 0.2) is 0 Å². The van der Waals surface area contributed by atoms with E-state index in [1.54, 1.807) is 18.4 Å². The summed E-state index contributed by atoms with van der Waals surface area (Å²) in [6.07, 6.45) is 0.839. The highest BCUT2D eigenvalue weighted by Gasteiger charge is 2.32. The smallest absolute Gasteiger partial charge is 0.0897 e. The molecule has 0 amide bonds. The largest absolute Gasteiger partial charge is 0.379 e. The lowest BCUT2D eigenvalue weighted by atomic mass is 9.83. The fraction of sp³-hybridized carbons (Fsp3) is 0.750. The molecule has 0 aliphatic rings. The Morgan fingerprint density at radius 3 is 2.53 bits per heavy atom. The standard InChI is InChI=1S/C12H23N3OS/c1-8-14-9(7-17-8)6-10(15-13)11(16-5)12(2,3)4/h7,10-11,15H,6,13H2,1-5H3. The lowest BCUT2D eigenvalue weighted by Gasteiger charge is -2.35. The molecule has 5 heteroatoms. The Balaban J connectivity index is 2.76. The van der Waals surface area contributed by atoms with Crippen LogP contribution in [0.25, 0.3) is 0 Å². The van der Waals surface area contributed by atoms with Crippen LogP contribution in [-0.4, -0.2) is 24.2 Å². The van der Waals surface area contributed by atoms with Crippen LogP contribution in [0.5, 0.6) is 0 Å². The van der Waals surface area contributed by atoms with Crippen molar-refractivity contribution in [1.82, 2.24) is 10.4 Å². The molecule has 2 atom stereocenters. The average molecular weight is 257 g/mol. The van der Waals surface area contributed by atoms with E-state index in [1.165, 1.54) is 0 Å². The molecule has 3 N–H and O–H groups in total. The number of hydrogen-bond donors (Lipinski definition) is 2. The Morgan fingerprint density at radius 2 is 2.18 bits per heavy atom. The lowest BCUT2D eigenvalue weighted by molar-refractivity contribution is -0.0112. The molecule has 0 radical (unpaired) electrons. The zero-order chi connectivity index (χ0) is 13.1. The van der Waals surface area contributed by atoms with E-state index in [-0.39, 0.29) is 17.6 Å². The number of rotatable bonds is 5. The van der Waals surface area contributed by atoms with Crippen molar-refractivity contribution in [2.24, 2.45) is 11.3 Å². The SMILES string of the molecule is COC(C(Cc1csc(C)n1)NN)C(C)(C)C. The van der Waals surface area contributed by atoms with Crippen LogP contribution in [0.4, 0.5) is 0 Å². The van der Waals surface area contributed by atoms with Crippen LogP contribution in [0.1, 0.15) is 31.5 Å². The topological polar surface area (TPSA) is 60.2 Å². The molecule has 2 unspecified atom stereocenters. The van der Waals surface area contributed by atoms with Crippen LogP contribution in [0.2, 0.25) is 0 Å². The van der Waals surface area contributed by atoms with Crippen LogP contribution >= 0.6 is 11.3 Å². The summed E-state index contributed by atoms with van der Waals surface area (Å²) in [5.74, 6) is 5.65. The molecular formula is C12H23N3OS. The fourth-order valence-corrected chi connectivity index (χ4v) is 2.73. The summed E-state index contributed by atoms with van der Waals surface area (Å²) in [4.78, 5) is 4.46. The van der Waals surface area contributed by atoms with E-state index in [2.05, 4.69) is 36.6 Å².